The summed E-state index contributed by atoms with van der Waals surface area (Å²) in [5.41, 5.74) is 2.13. The predicted molar refractivity (Wildman–Crippen MR) is 229 cm³/mol. The third-order valence-electron chi connectivity index (χ3n) is 13.4. The van der Waals surface area contributed by atoms with E-state index in [0.29, 0.717) is 74.3 Å². The minimum atomic E-state index is -4.98. The fraction of sp³-hybridized carbons (Fsp3) is 0.578. The average molecular weight is 881 g/mol. The van der Waals surface area contributed by atoms with E-state index in [2.05, 4.69) is 39.1 Å². The maximum absolute atomic E-state index is 13.7. The summed E-state index contributed by atoms with van der Waals surface area (Å²) in [6.45, 7) is 10.6. The van der Waals surface area contributed by atoms with Gasteiger partial charge in [0.25, 0.3) is 0 Å². The smallest absolute Gasteiger partial charge is 0.453 e. The molecule has 1 aliphatic carbocycles. The number of ether oxygens (including phenoxy) is 3. The van der Waals surface area contributed by atoms with Crippen molar-refractivity contribution < 1.29 is 46.6 Å². The number of benzene rings is 2. The van der Waals surface area contributed by atoms with Crippen LogP contribution in [-0.2, 0) is 19.1 Å². The number of methoxy groups -OCH3 is 2. The number of aromatic nitrogens is 2. The molecule has 63 heavy (non-hydrogen) atoms. The van der Waals surface area contributed by atoms with Crippen LogP contribution in [0.25, 0.3) is 22.4 Å². The summed E-state index contributed by atoms with van der Waals surface area (Å²) < 4.78 is 56.0. The van der Waals surface area contributed by atoms with Gasteiger partial charge in [0.15, 0.2) is 0 Å². The number of anilines is 1. The molecule has 1 saturated carbocycles. The molecule has 3 aromatic rings. The highest BCUT2D eigenvalue weighted by Crippen LogP contribution is 2.47. The molecule has 7 rings (SSSR count). The summed E-state index contributed by atoms with van der Waals surface area (Å²) in [7, 11) is 2.85. The van der Waals surface area contributed by atoms with Crippen LogP contribution in [0.1, 0.15) is 77.6 Å². The van der Waals surface area contributed by atoms with E-state index in [1.54, 1.807) is 53.4 Å². The van der Waals surface area contributed by atoms with Crippen LogP contribution in [0.15, 0.2) is 48.7 Å². The van der Waals surface area contributed by atoms with Crippen LogP contribution in [0, 0.1) is 11.3 Å². The fourth-order valence-electron chi connectivity index (χ4n) is 9.37. The monoisotopic (exact) mass is 880 g/mol. The Hall–Kier alpha value is -5.36. The van der Waals surface area contributed by atoms with Crippen molar-refractivity contribution in [1.82, 2.24) is 34.9 Å². The summed E-state index contributed by atoms with van der Waals surface area (Å²) in [5, 5.41) is 5.46. The molecule has 4 atom stereocenters. The quantitative estimate of drug-likeness (QED) is 0.174. The number of nitrogens with zero attached hydrogens (tertiary/aromatic N) is 5. The molecule has 3 N–H and O–H groups in total. The normalized spacial score (nSPS) is 22.3. The second-order valence-electron chi connectivity index (χ2n) is 17.7. The van der Waals surface area contributed by atoms with Crippen molar-refractivity contribution in [1.29, 1.82) is 0 Å². The number of imidazole rings is 1. The van der Waals surface area contributed by atoms with E-state index in [-0.39, 0.29) is 46.9 Å². The summed E-state index contributed by atoms with van der Waals surface area (Å²) >= 11 is 0. The molecule has 18 heteroatoms. The fourth-order valence-corrected chi connectivity index (χ4v) is 9.37. The van der Waals surface area contributed by atoms with Crippen LogP contribution in [0.2, 0.25) is 0 Å². The molecule has 4 fully saturated rings. The molecular weight excluding hydrogens is 822 g/mol. The lowest BCUT2D eigenvalue weighted by atomic mass is 9.62. The number of alkyl halides is 3. The van der Waals surface area contributed by atoms with Crippen LogP contribution in [0.5, 0.6) is 5.75 Å². The summed E-state index contributed by atoms with van der Waals surface area (Å²) in [5.74, 6) is 0.304. The zero-order chi connectivity index (χ0) is 45.1. The summed E-state index contributed by atoms with van der Waals surface area (Å²) in [6, 6.07) is 10.1. The second kappa shape index (κ2) is 19.2. The number of alkyl carbamates (subject to hydrolysis) is 1. The lowest BCUT2D eigenvalue weighted by molar-refractivity contribution is -0.274. The number of carbonyl (C=O) groups excluding carboxylic acids is 4. The van der Waals surface area contributed by atoms with Crippen LogP contribution in [-0.4, -0.2) is 138 Å². The maximum Gasteiger partial charge on any atom is 0.573 e. The van der Waals surface area contributed by atoms with Gasteiger partial charge in [0.2, 0.25) is 11.8 Å². The molecule has 0 radical (unpaired) electrons. The number of urea groups is 1. The van der Waals surface area contributed by atoms with E-state index in [1.807, 2.05) is 11.8 Å². The molecule has 0 spiro atoms. The van der Waals surface area contributed by atoms with Gasteiger partial charge in [0, 0.05) is 113 Å². The molecular formula is C45H59F3N8O7. The molecule has 342 valence electrons. The summed E-state index contributed by atoms with van der Waals surface area (Å²) in [4.78, 5) is 67.5. The van der Waals surface area contributed by atoms with Gasteiger partial charge in [-0.05, 0) is 55.2 Å². The van der Waals surface area contributed by atoms with E-state index in [4.69, 9.17) is 14.5 Å². The van der Waals surface area contributed by atoms with E-state index >= 15 is 0 Å². The number of amides is 5. The minimum absolute atomic E-state index is 0.0728. The zero-order valence-corrected chi connectivity index (χ0v) is 36.6. The van der Waals surface area contributed by atoms with Gasteiger partial charge >= 0.3 is 18.5 Å². The van der Waals surface area contributed by atoms with Crippen LogP contribution in [0.4, 0.5) is 28.4 Å². The SMILES string of the molecule is CC[C@@H](CC(=O)N1C[C@@H](OC)C[C@H]1c1nc(-c2ccc(-c3ccc(NC(=O)N4CCC(N5CCN(C(=O)C6CCC6(C)C)CC5)CC4)cc3OC(F)(F)F)cc2)c[nH]1)NC(=O)OC. The van der Waals surface area contributed by atoms with Crippen molar-refractivity contribution in [2.24, 2.45) is 11.3 Å². The molecule has 2 aromatic carbocycles. The van der Waals surface area contributed by atoms with Crippen LogP contribution < -0.4 is 15.4 Å². The number of hydrogen-bond donors (Lipinski definition) is 3. The van der Waals surface area contributed by atoms with Gasteiger partial charge in [-0.3, -0.25) is 14.5 Å². The van der Waals surface area contributed by atoms with Crippen molar-refractivity contribution >= 4 is 29.6 Å². The first-order chi connectivity index (χ1) is 30.0. The van der Waals surface area contributed by atoms with Crippen molar-refractivity contribution in [3.05, 3.63) is 54.5 Å². The Morgan fingerprint density at radius 1 is 0.937 bits per heavy atom. The molecule has 15 nitrogen and oxygen atoms in total. The number of piperazine rings is 1. The zero-order valence-electron chi connectivity index (χ0n) is 36.6. The number of piperidine rings is 1. The van der Waals surface area contributed by atoms with Gasteiger partial charge in [-0.25, -0.2) is 14.6 Å². The second-order valence-corrected chi connectivity index (χ2v) is 17.7. The van der Waals surface area contributed by atoms with Gasteiger partial charge in [-0.1, -0.05) is 45.0 Å². The Bertz CT molecular complexity index is 2100. The number of nitrogens with one attached hydrogen (secondary N) is 3. The first kappa shape index (κ1) is 45.7. The minimum Gasteiger partial charge on any atom is -0.453 e. The van der Waals surface area contributed by atoms with Gasteiger partial charge in [-0.15, -0.1) is 13.2 Å². The third kappa shape index (κ3) is 10.7. The van der Waals surface area contributed by atoms with Crippen LogP contribution in [0.3, 0.4) is 0 Å². The van der Waals surface area contributed by atoms with Gasteiger partial charge in [-0.2, -0.15) is 0 Å². The standard InChI is InChI=1S/C45H59F3N8O7/c1-6-30(51-43(60)62-5)24-39(57)56-27-33(61-4)25-37(56)40-49-26-36(52-40)29-9-7-28(8-10-29)34-12-11-31(23-38(34)63-45(46,47)48)50-42(59)55-17-14-32(15-18-55)53-19-21-54(22-20-53)41(58)35-13-16-44(35,2)3/h7-12,23,26,30,32-33,35,37H,6,13-22,24-25,27H2,1-5H3,(H,49,52)(H,50,59)(H,51,60)/t30-,33-,35?,37-/m0/s1. The maximum atomic E-state index is 13.7. The summed E-state index contributed by atoms with van der Waals surface area (Å²) in [6.07, 6.45) is 0.582. The van der Waals surface area contributed by atoms with E-state index in [0.717, 1.165) is 38.8 Å². The van der Waals surface area contributed by atoms with E-state index < -0.39 is 36.3 Å². The molecule has 1 unspecified atom stereocenters. The largest absolute Gasteiger partial charge is 0.573 e. The van der Waals surface area contributed by atoms with Crippen molar-refractivity contribution in [3.8, 4) is 28.1 Å². The molecule has 0 bridgehead atoms. The van der Waals surface area contributed by atoms with Crippen molar-refractivity contribution in [2.45, 2.75) is 96.3 Å². The number of H-pyrrole nitrogens is 1. The molecule has 4 aliphatic rings. The van der Waals surface area contributed by atoms with Gasteiger partial charge < -0.3 is 44.5 Å². The molecule has 5 amide bonds. The number of aromatic amines is 1. The Balaban J connectivity index is 0.962. The first-order valence-corrected chi connectivity index (χ1v) is 21.9. The molecule has 3 aliphatic heterocycles. The Kier molecular flexibility index (Phi) is 13.9. The first-order valence-electron chi connectivity index (χ1n) is 21.9. The number of rotatable bonds is 12. The Morgan fingerprint density at radius 2 is 1.63 bits per heavy atom. The highest BCUT2D eigenvalue weighted by molar-refractivity contribution is 5.90. The lowest BCUT2D eigenvalue weighted by Gasteiger charge is -2.48. The highest BCUT2D eigenvalue weighted by atomic mass is 19.4. The number of hydrogen-bond acceptors (Lipinski definition) is 9. The molecule has 4 heterocycles. The van der Waals surface area contributed by atoms with E-state index in [9.17, 15) is 32.3 Å². The molecule has 1 aromatic heterocycles. The predicted octanol–water partition coefficient (Wildman–Crippen LogP) is 7.03. The highest BCUT2D eigenvalue weighted by Gasteiger charge is 2.45. The average Bonchev–Trinajstić information content (AvgIpc) is 3.94. The number of halogens is 3. The Morgan fingerprint density at radius 3 is 2.24 bits per heavy atom. The number of likely N-dealkylation sites (tertiary alicyclic amines) is 2. The molecule has 3 saturated heterocycles. The third-order valence-corrected chi connectivity index (χ3v) is 13.4. The number of carbonyl (C=O) groups is 4. The van der Waals surface area contributed by atoms with Gasteiger partial charge in [0.1, 0.15) is 11.6 Å². The topological polar surface area (TPSA) is 162 Å². The van der Waals surface area contributed by atoms with Crippen molar-refractivity contribution in [2.75, 3.05) is 65.3 Å². The van der Waals surface area contributed by atoms with E-state index in [1.165, 1.54) is 19.2 Å². The Labute approximate surface area is 366 Å². The lowest BCUT2D eigenvalue weighted by Crippen LogP contribution is -2.57. The van der Waals surface area contributed by atoms with Crippen molar-refractivity contribution in [3.63, 3.8) is 0 Å². The van der Waals surface area contributed by atoms with Gasteiger partial charge in [0.05, 0.1) is 24.9 Å². The van der Waals surface area contributed by atoms with Crippen LogP contribution >= 0.6 is 0 Å².